The van der Waals surface area contributed by atoms with Crippen molar-refractivity contribution in [2.24, 2.45) is 0 Å². The normalized spacial score (nSPS) is 10.6. The second-order valence-corrected chi connectivity index (χ2v) is 7.49. The van der Waals surface area contributed by atoms with Gasteiger partial charge < -0.3 is 15.3 Å². The van der Waals surface area contributed by atoms with E-state index in [1.165, 1.54) is 24.3 Å². The van der Waals surface area contributed by atoms with Crippen LogP contribution in [0.1, 0.15) is 31.8 Å². The fourth-order valence-corrected chi connectivity index (χ4v) is 2.94. The number of allylic oxidation sites excluding steroid dienone is 2. The van der Waals surface area contributed by atoms with Gasteiger partial charge in [0, 0.05) is 11.1 Å². The van der Waals surface area contributed by atoms with Crippen molar-refractivity contribution in [2.75, 3.05) is 0 Å². The second kappa shape index (κ2) is 12.4. The third-order valence-corrected chi connectivity index (χ3v) is 4.85. The summed E-state index contributed by atoms with van der Waals surface area (Å²) in [6, 6.07) is 28.4. The first-order valence-corrected chi connectivity index (χ1v) is 10.8. The van der Waals surface area contributed by atoms with E-state index in [9.17, 15) is 9.59 Å². The van der Waals surface area contributed by atoms with Crippen LogP contribution in [-0.2, 0) is 0 Å². The quantitative estimate of drug-likeness (QED) is 0.230. The molecule has 0 aliphatic rings. The molecule has 35 heavy (non-hydrogen) atoms. The van der Waals surface area contributed by atoms with Crippen LogP contribution in [0.15, 0.2) is 115 Å². The van der Waals surface area contributed by atoms with Gasteiger partial charge in [-0.1, -0.05) is 66.7 Å². The summed E-state index contributed by atoms with van der Waals surface area (Å²) in [4.78, 5) is 23.5. The summed E-state index contributed by atoms with van der Waals surface area (Å²) >= 11 is 0. The number of phenols is 3. The predicted molar refractivity (Wildman–Crippen MR) is 137 cm³/mol. The predicted octanol–water partition coefficient (Wildman–Crippen LogP) is 6.28. The lowest BCUT2D eigenvalue weighted by Crippen LogP contribution is -1.92. The van der Waals surface area contributed by atoms with Crippen molar-refractivity contribution >= 4 is 23.7 Å². The van der Waals surface area contributed by atoms with E-state index in [-0.39, 0.29) is 28.8 Å². The number of hydrogen-bond donors (Lipinski definition) is 3. The first-order valence-electron chi connectivity index (χ1n) is 10.8. The van der Waals surface area contributed by atoms with Gasteiger partial charge in [-0.2, -0.15) is 0 Å². The minimum atomic E-state index is -0.136. The van der Waals surface area contributed by atoms with Crippen LogP contribution in [0, 0.1) is 0 Å². The minimum absolute atomic E-state index is 0.0290. The van der Waals surface area contributed by atoms with Gasteiger partial charge in [0.1, 0.15) is 17.2 Å². The number of benzene rings is 4. The van der Waals surface area contributed by atoms with Crippen molar-refractivity contribution in [2.45, 2.75) is 0 Å². The zero-order chi connectivity index (χ0) is 25.0. The summed E-state index contributed by atoms with van der Waals surface area (Å²) in [6.45, 7) is 0. The first-order chi connectivity index (χ1) is 16.9. The molecule has 3 N–H and O–H groups in total. The maximum Gasteiger partial charge on any atom is 0.185 e. The van der Waals surface area contributed by atoms with Crippen molar-refractivity contribution in [3.05, 3.63) is 138 Å². The van der Waals surface area contributed by atoms with E-state index in [0.29, 0.717) is 11.1 Å². The Balaban J connectivity index is 0.000000196. The molecule has 5 nitrogen and oxygen atoms in total. The monoisotopic (exact) mass is 464 g/mol. The summed E-state index contributed by atoms with van der Waals surface area (Å²) in [7, 11) is 0. The number of aromatic hydroxyl groups is 3. The van der Waals surface area contributed by atoms with E-state index in [4.69, 9.17) is 15.3 Å². The van der Waals surface area contributed by atoms with Crippen LogP contribution in [-0.4, -0.2) is 26.9 Å². The van der Waals surface area contributed by atoms with E-state index in [0.717, 1.165) is 11.1 Å². The van der Waals surface area contributed by atoms with Gasteiger partial charge >= 0.3 is 0 Å². The summed E-state index contributed by atoms with van der Waals surface area (Å²) < 4.78 is 0. The van der Waals surface area contributed by atoms with E-state index in [1.54, 1.807) is 84.9 Å². The zero-order valence-corrected chi connectivity index (χ0v) is 18.8. The Morgan fingerprint density at radius 3 is 1.20 bits per heavy atom. The van der Waals surface area contributed by atoms with Gasteiger partial charge in [0.15, 0.2) is 11.6 Å². The van der Waals surface area contributed by atoms with Gasteiger partial charge in [-0.3, -0.25) is 9.59 Å². The Kier molecular flexibility index (Phi) is 8.74. The third kappa shape index (κ3) is 8.18. The number of carbonyl (C=O) groups excluding carboxylic acids is 2. The second-order valence-electron chi connectivity index (χ2n) is 7.49. The lowest BCUT2D eigenvalue weighted by molar-refractivity contribution is 0.103. The van der Waals surface area contributed by atoms with Crippen LogP contribution in [0.3, 0.4) is 0 Å². The van der Waals surface area contributed by atoms with Crippen molar-refractivity contribution in [1.82, 2.24) is 0 Å². The fourth-order valence-electron chi connectivity index (χ4n) is 2.94. The molecule has 0 atom stereocenters. The largest absolute Gasteiger partial charge is 0.508 e. The van der Waals surface area contributed by atoms with Gasteiger partial charge in [0.25, 0.3) is 0 Å². The van der Waals surface area contributed by atoms with Crippen LogP contribution in [0.4, 0.5) is 0 Å². The maximum absolute atomic E-state index is 11.8. The third-order valence-electron chi connectivity index (χ3n) is 4.85. The lowest BCUT2D eigenvalue weighted by Gasteiger charge is -1.97. The number of phenolic OH excluding ortho intramolecular Hbond substituents is 3. The topological polar surface area (TPSA) is 94.8 Å². The van der Waals surface area contributed by atoms with Crippen LogP contribution < -0.4 is 0 Å². The Hall–Kier alpha value is -4.90. The van der Waals surface area contributed by atoms with E-state index >= 15 is 0 Å². The molecule has 0 aliphatic heterocycles. The van der Waals surface area contributed by atoms with Crippen molar-refractivity contribution in [3.63, 3.8) is 0 Å². The van der Waals surface area contributed by atoms with Gasteiger partial charge in [0.2, 0.25) is 0 Å². The SMILES string of the molecule is O=C(/C=C/c1ccc(O)cc1)c1ccc(O)cc1.O=C(/C=C/c1ccc(O)cc1)c1ccccc1. The van der Waals surface area contributed by atoms with Crippen molar-refractivity contribution in [1.29, 1.82) is 0 Å². The highest BCUT2D eigenvalue weighted by Crippen LogP contribution is 2.14. The summed E-state index contributed by atoms with van der Waals surface area (Å²) in [5, 5.41) is 27.4. The number of rotatable bonds is 6. The molecule has 0 bridgehead atoms. The average molecular weight is 465 g/mol. The Morgan fingerprint density at radius 1 is 0.457 bits per heavy atom. The Bertz CT molecular complexity index is 1300. The van der Waals surface area contributed by atoms with Crippen LogP contribution in [0.2, 0.25) is 0 Å². The molecule has 0 aromatic heterocycles. The molecule has 0 amide bonds. The smallest absolute Gasteiger partial charge is 0.185 e. The average Bonchev–Trinajstić information content (AvgIpc) is 2.89. The molecule has 4 aromatic carbocycles. The van der Waals surface area contributed by atoms with Crippen molar-refractivity contribution in [3.8, 4) is 17.2 Å². The van der Waals surface area contributed by atoms with Gasteiger partial charge in [-0.05, 0) is 71.8 Å². The molecule has 0 saturated heterocycles. The molecule has 0 spiro atoms. The molecular formula is C30H24O5. The highest BCUT2D eigenvalue weighted by atomic mass is 16.3. The minimum Gasteiger partial charge on any atom is -0.508 e. The molecule has 4 rings (SSSR count). The molecule has 174 valence electrons. The van der Waals surface area contributed by atoms with Crippen LogP contribution >= 0.6 is 0 Å². The standard InChI is InChI=1S/C15H12O3.C15H12O2/c16-13-6-1-11(2-7-13)3-10-15(18)12-4-8-14(17)9-5-12;16-14-9-6-12(7-10-14)8-11-15(17)13-4-2-1-3-5-13/h1-10,16-17H;1-11,16H/b10-3+;11-8+. The van der Waals surface area contributed by atoms with Crippen LogP contribution in [0.25, 0.3) is 12.2 Å². The first kappa shape index (κ1) is 24.7. The Morgan fingerprint density at radius 2 is 0.800 bits per heavy atom. The van der Waals surface area contributed by atoms with Gasteiger partial charge in [0.05, 0.1) is 0 Å². The summed E-state index contributed by atoms with van der Waals surface area (Å²) in [5.74, 6) is 0.379. The molecule has 5 heteroatoms. The Labute approximate surface area is 203 Å². The zero-order valence-electron chi connectivity index (χ0n) is 18.8. The van der Waals surface area contributed by atoms with Crippen LogP contribution in [0.5, 0.6) is 17.2 Å². The number of ketones is 2. The van der Waals surface area contributed by atoms with E-state index < -0.39 is 0 Å². The van der Waals surface area contributed by atoms with E-state index in [2.05, 4.69) is 0 Å². The highest BCUT2D eigenvalue weighted by molar-refractivity contribution is 6.07. The molecule has 4 aromatic rings. The van der Waals surface area contributed by atoms with Gasteiger partial charge in [-0.15, -0.1) is 0 Å². The molecule has 0 saturated carbocycles. The van der Waals surface area contributed by atoms with E-state index in [1.807, 2.05) is 18.2 Å². The lowest BCUT2D eigenvalue weighted by atomic mass is 10.1. The van der Waals surface area contributed by atoms with Gasteiger partial charge in [-0.25, -0.2) is 0 Å². The molecule has 0 fully saturated rings. The molecule has 0 aliphatic carbocycles. The molecule has 0 heterocycles. The maximum atomic E-state index is 11.8. The summed E-state index contributed by atoms with van der Waals surface area (Å²) in [5.41, 5.74) is 2.90. The van der Waals surface area contributed by atoms with Crippen molar-refractivity contribution < 1.29 is 24.9 Å². The summed E-state index contributed by atoms with van der Waals surface area (Å²) in [6.07, 6.45) is 6.39. The number of hydrogen-bond acceptors (Lipinski definition) is 5. The molecule has 0 unspecified atom stereocenters. The molecular weight excluding hydrogens is 440 g/mol. The fraction of sp³-hybridized carbons (Fsp3) is 0. The number of carbonyl (C=O) groups is 2. The highest BCUT2D eigenvalue weighted by Gasteiger charge is 2.01. The molecule has 0 radical (unpaired) electrons.